The van der Waals surface area contributed by atoms with Crippen LogP contribution in [-0.2, 0) is 16.1 Å². The topological polar surface area (TPSA) is 92.7 Å². The fourth-order valence-electron chi connectivity index (χ4n) is 2.03. The third-order valence-electron chi connectivity index (χ3n) is 3.29. The molecule has 0 spiro atoms. The lowest BCUT2D eigenvalue weighted by Gasteiger charge is -2.14. The molecule has 124 valence electrons. The minimum absolute atomic E-state index is 0.0195. The summed E-state index contributed by atoms with van der Waals surface area (Å²) in [6.07, 6.45) is -1.23. The summed E-state index contributed by atoms with van der Waals surface area (Å²) in [5.41, 5.74) is 1.17. The van der Waals surface area contributed by atoms with Gasteiger partial charge in [-0.1, -0.05) is 60.7 Å². The maximum Gasteiger partial charge on any atom is 0.408 e. The number of ether oxygens (including phenoxy) is 1. The van der Waals surface area contributed by atoms with Crippen LogP contribution in [0.15, 0.2) is 60.7 Å². The Hall–Kier alpha value is -3.15. The van der Waals surface area contributed by atoms with Gasteiger partial charge in [0.1, 0.15) is 12.6 Å². The summed E-state index contributed by atoms with van der Waals surface area (Å²) >= 11 is 0. The van der Waals surface area contributed by atoms with Gasteiger partial charge in [-0.15, -0.1) is 0 Å². The summed E-state index contributed by atoms with van der Waals surface area (Å²) in [7, 11) is 0. The normalized spacial score (nSPS) is 11.3. The molecule has 0 bridgehead atoms. The number of carbonyl (C=O) groups is 3. The largest absolute Gasteiger partial charge is 0.480 e. The molecule has 6 nitrogen and oxygen atoms in total. The average molecular weight is 327 g/mol. The van der Waals surface area contributed by atoms with E-state index in [1.54, 1.807) is 54.6 Å². The van der Waals surface area contributed by atoms with E-state index >= 15 is 0 Å². The van der Waals surface area contributed by atoms with E-state index in [-0.39, 0.29) is 18.8 Å². The molecule has 2 aromatic rings. The third-order valence-corrected chi connectivity index (χ3v) is 3.29. The monoisotopic (exact) mass is 327 g/mol. The molecule has 2 rings (SSSR count). The van der Waals surface area contributed by atoms with Gasteiger partial charge in [-0.2, -0.15) is 0 Å². The van der Waals surface area contributed by atoms with Crippen molar-refractivity contribution in [2.24, 2.45) is 0 Å². The van der Waals surface area contributed by atoms with Gasteiger partial charge < -0.3 is 15.2 Å². The summed E-state index contributed by atoms with van der Waals surface area (Å²) < 4.78 is 4.97. The predicted octanol–water partition coefficient (Wildman–Crippen LogP) is 2.64. The van der Waals surface area contributed by atoms with Crippen molar-refractivity contribution in [2.45, 2.75) is 19.1 Å². The number of hydrogen-bond acceptors (Lipinski definition) is 4. The van der Waals surface area contributed by atoms with Gasteiger partial charge >= 0.3 is 12.1 Å². The van der Waals surface area contributed by atoms with E-state index in [1.807, 2.05) is 6.07 Å². The Morgan fingerprint density at radius 3 is 2.12 bits per heavy atom. The summed E-state index contributed by atoms with van der Waals surface area (Å²) in [5.74, 6) is -1.66. The van der Waals surface area contributed by atoms with Crippen LogP contribution >= 0.6 is 0 Å². The van der Waals surface area contributed by atoms with Crippen LogP contribution in [0.4, 0.5) is 4.79 Å². The molecule has 1 atom stereocenters. The van der Waals surface area contributed by atoms with Crippen LogP contribution in [0.2, 0.25) is 0 Å². The highest BCUT2D eigenvalue weighted by Gasteiger charge is 2.24. The molecule has 2 aromatic carbocycles. The highest BCUT2D eigenvalue weighted by atomic mass is 16.5. The fraction of sp³-hybridized carbons (Fsp3) is 0.167. The molecule has 2 N–H and O–H groups in total. The highest BCUT2D eigenvalue weighted by molar-refractivity contribution is 5.99. The Morgan fingerprint density at radius 1 is 0.958 bits per heavy atom. The molecule has 0 unspecified atom stereocenters. The first-order valence-electron chi connectivity index (χ1n) is 7.34. The Kier molecular flexibility index (Phi) is 6.08. The van der Waals surface area contributed by atoms with Crippen molar-refractivity contribution >= 4 is 17.8 Å². The number of hydrogen-bond donors (Lipinski definition) is 2. The molecular formula is C18H17NO5. The van der Waals surface area contributed by atoms with Crippen LogP contribution in [0.25, 0.3) is 0 Å². The van der Waals surface area contributed by atoms with Crippen molar-refractivity contribution in [3.63, 3.8) is 0 Å². The number of carboxylic acids is 1. The zero-order valence-electron chi connectivity index (χ0n) is 12.8. The number of nitrogens with one attached hydrogen (secondary N) is 1. The molecule has 0 aliphatic rings. The van der Waals surface area contributed by atoms with E-state index in [0.717, 1.165) is 5.56 Å². The maximum absolute atomic E-state index is 12.1. The van der Waals surface area contributed by atoms with Gasteiger partial charge in [0.25, 0.3) is 0 Å². The molecule has 0 radical (unpaired) electrons. The van der Waals surface area contributed by atoms with Crippen molar-refractivity contribution in [3.05, 3.63) is 71.8 Å². The van der Waals surface area contributed by atoms with Crippen LogP contribution in [0.5, 0.6) is 0 Å². The second-order valence-corrected chi connectivity index (χ2v) is 5.09. The molecule has 24 heavy (non-hydrogen) atoms. The van der Waals surface area contributed by atoms with Crippen LogP contribution in [0, 0.1) is 0 Å². The van der Waals surface area contributed by atoms with Crippen LogP contribution in [0.1, 0.15) is 22.3 Å². The molecular weight excluding hydrogens is 310 g/mol. The third kappa shape index (κ3) is 5.24. The van der Waals surface area contributed by atoms with E-state index in [1.165, 1.54) is 0 Å². The van der Waals surface area contributed by atoms with Gasteiger partial charge in [-0.3, -0.25) is 4.79 Å². The van der Waals surface area contributed by atoms with Crippen LogP contribution in [0.3, 0.4) is 0 Å². The van der Waals surface area contributed by atoms with Crippen molar-refractivity contribution in [1.29, 1.82) is 0 Å². The second-order valence-electron chi connectivity index (χ2n) is 5.09. The number of rotatable bonds is 7. The highest BCUT2D eigenvalue weighted by Crippen LogP contribution is 2.07. The standard InChI is InChI=1S/C18H17NO5/c20-16(14-9-5-2-6-10-14)11-15(17(21)22)19-18(23)24-12-13-7-3-1-4-8-13/h1-10,15H,11-12H2,(H,19,23)(H,21,22)/t15-/m1/s1. The summed E-state index contributed by atoms with van der Waals surface area (Å²) in [4.78, 5) is 35.1. The Balaban J connectivity index is 1.89. The van der Waals surface area contributed by atoms with E-state index in [2.05, 4.69) is 5.32 Å². The Labute approximate surface area is 139 Å². The quantitative estimate of drug-likeness (QED) is 0.763. The predicted molar refractivity (Wildman–Crippen MR) is 86.6 cm³/mol. The molecule has 0 fully saturated rings. The number of benzene rings is 2. The first-order valence-corrected chi connectivity index (χ1v) is 7.34. The Bertz CT molecular complexity index is 700. The van der Waals surface area contributed by atoms with Crippen molar-refractivity contribution in [2.75, 3.05) is 0 Å². The number of alkyl carbamates (subject to hydrolysis) is 1. The van der Waals surface area contributed by atoms with Gasteiger partial charge in [-0.25, -0.2) is 9.59 Å². The number of carbonyl (C=O) groups excluding carboxylic acids is 2. The SMILES string of the molecule is O=C(N[C@H](CC(=O)c1ccccc1)C(=O)O)OCc1ccccc1. The first-order chi connectivity index (χ1) is 11.6. The lowest BCUT2D eigenvalue weighted by atomic mass is 10.0. The number of carboxylic acid groups (broad SMARTS) is 1. The number of amides is 1. The van der Waals surface area contributed by atoms with Crippen molar-refractivity contribution in [1.82, 2.24) is 5.32 Å². The van der Waals surface area contributed by atoms with E-state index in [9.17, 15) is 19.5 Å². The van der Waals surface area contributed by atoms with E-state index in [4.69, 9.17) is 4.74 Å². The smallest absolute Gasteiger partial charge is 0.408 e. The zero-order valence-corrected chi connectivity index (χ0v) is 12.8. The molecule has 1 amide bonds. The first kappa shape index (κ1) is 17.2. The van der Waals surface area contributed by atoms with Gasteiger partial charge in [-0.05, 0) is 5.56 Å². The van der Waals surface area contributed by atoms with Gasteiger partial charge in [0, 0.05) is 12.0 Å². The number of ketones is 1. The minimum Gasteiger partial charge on any atom is -0.480 e. The van der Waals surface area contributed by atoms with Gasteiger partial charge in [0.2, 0.25) is 0 Å². The number of Topliss-reactive ketones (excluding diaryl/α,β-unsaturated/α-hetero) is 1. The average Bonchev–Trinajstić information content (AvgIpc) is 2.61. The molecule has 6 heteroatoms. The Morgan fingerprint density at radius 2 is 1.54 bits per heavy atom. The zero-order chi connectivity index (χ0) is 17.4. The minimum atomic E-state index is -1.35. The van der Waals surface area contributed by atoms with Gasteiger partial charge in [0.15, 0.2) is 5.78 Å². The van der Waals surface area contributed by atoms with Crippen molar-refractivity contribution in [3.8, 4) is 0 Å². The van der Waals surface area contributed by atoms with Crippen LogP contribution in [-0.4, -0.2) is 29.0 Å². The molecule has 0 aliphatic carbocycles. The lowest BCUT2D eigenvalue weighted by molar-refractivity contribution is -0.139. The molecule has 0 saturated carbocycles. The van der Waals surface area contributed by atoms with E-state index in [0.29, 0.717) is 5.56 Å². The van der Waals surface area contributed by atoms with E-state index < -0.39 is 18.1 Å². The fourth-order valence-corrected chi connectivity index (χ4v) is 2.03. The van der Waals surface area contributed by atoms with Crippen molar-refractivity contribution < 1.29 is 24.2 Å². The second kappa shape index (κ2) is 8.47. The molecule has 0 saturated heterocycles. The molecule has 0 aromatic heterocycles. The summed E-state index contributed by atoms with van der Waals surface area (Å²) in [6, 6.07) is 16.0. The molecule has 0 aliphatic heterocycles. The lowest BCUT2D eigenvalue weighted by Crippen LogP contribution is -2.42. The summed E-state index contributed by atoms with van der Waals surface area (Å²) in [5, 5.41) is 11.4. The summed E-state index contributed by atoms with van der Waals surface area (Å²) in [6.45, 7) is 0.0195. The number of aliphatic carboxylic acids is 1. The maximum atomic E-state index is 12.1. The molecule has 0 heterocycles. The van der Waals surface area contributed by atoms with Gasteiger partial charge in [0.05, 0.1) is 0 Å². The van der Waals surface area contributed by atoms with Crippen LogP contribution < -0.4 is 5.32 Å².